The minimum atomic E-state index is -0.550. The van der Waals surface area contributed by atoms with Crippen LogP contribution in [0.2, 0.25) is 5.02 Å². The molecule has 32 heavy (non-hydrogen) atoms. The number of nitrogens with zero attached hydrogens (tertiary/aromatic N) is 3. The standard InChI is InChI=1S/C24H26ClFN4O2/c1-16-5-3-6-18(15-16)30-13-11-29(12-14-30)10-9-27-24(31)21-17(2)32-28-23(21)22-19(25)7-4-8-20(22)26/h3-8,15H,9-14H2,1-2H3,(H,27,31). The van der Waals surface area contributed by atoms with E-state index in [0.29, 0.717) is 12.3 Å². The topological polar surface area (TPSA) is 61.6 Å². The molecule has 1 fully saturated rings. The third-order valence-corrected chi connectivity index (χ3v) is 6.06. The van der Waals surface area contributed by atoms with E-state index in [2.05, 4.69) is 51.5 Å². The van der Waals surface area contributed by atoms with Crippen molar-refractivity contribution in [3.05, 3.63) is 70.2 Å². The first-order chi connectivity index (χ1) is 15.4. The quantitative estimate of drug-likeness (QED) is 0.599. The molecule has 1 aliphatic heterocycles. The minimum Gasteiger partial charge on any atom is -0.369 e. The van der Waals surface area contributed by atoms with Gasteiger partial charge in [-0.2, -0.15) is 0 Å². The van der Waals surface area contributed by atoms with Crippen LogP contribution in [0.4, 0.5) is 10.1 Å². The molecule has 2 heterocycles. The average Bonchev–Trinajstić information content (AvgIpc) is 3.15. The largest absolute Gasteiger partial charge is 0.369 e. The number of aryl methyl sites for hydroxylation is 2. The normalized spacial score (nSPS) is 14.6. The zero-order chi connectivity index (χ0) is 22.7. The number of halogens is 2. The summed E-state index contributed by atoms with van der Waals surface area (Å²) in [4.78, 5) is 17.6. The highest BCUT2D eigenvalue weighted by molar-refractivity contribution is 6.33. The Morgan fingerprint density at radius 3 is 2.62 bits per heavy atom. The van der Waals surface area contributed by atoms with Gasteiger partial charge < -0.3 is 14.7 Å². The number of benzene rings is 2. The van der Waals surface area contributed by atoms with E-state index in [1.165, 1.54) is 23.4 Å². The summed E-state index contributed by atoms with van der Waals surface area (Å²) in [5, 5.41) is 6.99. The van der Waals surface area contributed by atoms with Gasteiger partial charge in [-0.1, -0.05) is 35.0 Å². The van der Waals surface area contributed by atoms with Crippen molar-refractivity contribution in [2.45, 2.75) is 13.8 Å². The van der Waals surface area contributed by atoms with Crippen molar-refractivity contribution in [1.29, 1.82) is 0 Å². The van der Waals surface area contributed by atoms with Crippen LogP contribution in [0.3, 0.4) is 0 Å². The van der Waals surface area contributed by atoms with Gasteiger partial charge in [0.05, 0.1) is 10.6 Å². The molecule has 0 aliphatic carbocycles. The fourth-order valence-electron chi connectivity index (χ4n) is 4.00. The van der Waals surface area contributed by atoms with Crippen molar-refractivity contribution in [2.24, 2.45) is 0 Å². The summed E-state index contributed by atoms with van der Waals surface area (Å²) in [7, 11) is 0. The summed E-state index contributed by atoms with van der Waals surface area (Å²) in [6, 6.07) is 12.9. The molecule has 1 N–H and O–H groups in total. The molecule has 1 amide bonds. The van der Waals surface area contributed by atoms with Gasteiger partial charge in [0.25, 0.3) is 5.91 Å². The number of piperazine rings is 1. The lowest BCUT2D eigenvalue weighted by atomic mass is 10.0. The molecule has 0 bridgehead atoms. The van der Waals surface area contributed by atoms with Crippen LogP contribution in [-0.2, 0) is 0 Å². The number of anilines is 1. The number of aromatic nitrogens is 1. The van der Waals surface area contributed by atoms with Crippen molar-refractivity contribution in [3.8, 4) is 11.3 Å². The molecule has 1 aromatic heterocycles. The highest BCUT2D eigenvalue weighted by Gasteiger charge is 2.25. The lowest BCUT2D eigenvalue weighted by Gasteiger charge is -2.36. The Labute approximate surface area is 191 Å². The minimum absolute atomic E-state index is 0.0726. The molecule has 6 nitrogen and oxygen atoms in total. The zero-order valence-electron chi connectivity index (χ0n) is 18.2. The number of hydrogen-bond acceptors (Lipinski definition) is 5. The second-order valence-corrected chi connectivity index (χ2v) is 8.39. The number of rotatable bonds is 6. The number of nitrogens with one attached hydrogen (secondary N) is 1. The lowest BCUT2D eigenvalue weighted by Crippen LogP contribution is -2.48. The fourth-order valence-corrected chi connectivity index (χ4v) is 4.26. The molecule has 4 rings (SSSR count). The second kappa shape index (κ2) is 9.71. The molecule has 1 aliphatic rings. The van der Waals surface area contributed by atoms with Crippen LogP contribution in [-0.4, -0.2) is 55.2 Å². The van der Waals surface area contributed by atoms with Gasteiger partial charge in [-0.05, 0) is 43.7 Å². The maximum atomic E-state index is 14.4. The number of carbonyl (C=O) groups excluding carboxylic acids is 1. The average molecular weight is 457 g/mol. The third kappa shape index (κ3) is 4.79. The third-order valence-electron chi connectivity index (χ3n) is 5.74. The SMILES string of the molecule is Cc1cccc(N2CCN(CCNC(=O)c3c(-c4c(F)cccc4Cl)noc3C)CC2)c1. The second-order valence-electron chi connectivity index (χ2n) is 7.98. The monoisotopic (exact) mass is 456 g/mol. The van der Waals surface area contributed by atoms with Crippen LogP contribution in [0, 0.1) is 19.7 Å². The first-order valence-corrected chi connectivity index (χ1v) is 11.0. The summed E-state index contributed by atoms with van der Waals surface area (Å²) in [6.45, 7) is 8.66. The van der Waals surface area contributed by atoms with Gasteiger partial charge in [0.1, 0.15) is 22.8 Å². The molecule has 0 unspecified atom stereocenters. The van der Waals surface area contributed by atoms with Crippen LogP contribution in [0.15, 0.2) is 47.0 Å². The molecule has 8 heteroatoms. The van der Waals surface area contributed by atoms with Gasteiger partial charge in [-0.3, -0.25) is 9.69 Å². The van der Waals surface area contributed by atoms with Gasteiger partial charge in [-0.15, -0.1) is 0 Å². The van der Waals surface area contributed by atoms with Crippen LogP contribution in [0.1, 0.15) is 21.7 Å². The molecular formula is C24H26ClFN4O2. The molecule has 1 saturated heterocycles. The maximum Gasteiger partial charge on any atom is 0.257 e. The van der Waals surface area contributed by atoms with Gasteiger partial charge in [-0.25, -0.2) is 4.39 Å². The van der Waals surface area contributed by atoms with Crippen LogP contribution in [0.5, 0.6) is 0 Å². The molecule has 3 aromatic rings. The predicted octanol–water partition coefficient (Wildman–Crippen LogP) is 4.30. The number of amides is 1. The van der Waals surface area contributed by atoms with E-state index in [1.54, 1.807) is 13.0 Å². The van der Waals surface area contributed by atoms with Crippen LogP contribution >= 0.6 is 11.6 Å². The Kier molecular flexibility index (Phi) is 6.77. The lowest BCUT2D eigenvalue weighted by molar-refractivity contribution is 0.0947. The first-order valence-electron chi connectivity index (χ1n) is 10.7. The van der Waals surface area contributed by atoms with Gasteiger partial charge in [0.15, 0.2) is 0 Å². The molecular weight excluding hydrogens is 431 g/mol. The Balaban J connectivity index is 1.33. The van der Waals surface area contributed by atoms with Crippen molar-refractivity contribution in [1.82, 2.24) is 15.4 Å². The molecule has 0 radical (unpaired) electrons. The van der Waals surface area contributed by atoms with Crippen molar-refractivity contribution >= 4 is 23.2 Å². The molecule has 168 valence electrons. The van der Waals surface area contributed by atoms with Crippen LogP contribution < -0.4 is 10.2 Å². The highest BCUT2D eigenvalue weighted by Crippen LogP contribution is 2.33. The predicted molar refractivity (Wildman–Crippen MR) is 124 cm³/mol. The maximum absolute atomic E-state index is 14.4. The summed E-state index contributed by atoms with van der Waals surface area (Å²) >= 11 is 6.16. The molecule has 0 spiro atoms. The van der Waals surface area contributed by atoms with E-state index in [1.807, 2.05) is 0 Å². The fraction of sp³-hybridized carbons (Fsp3) is 0.333. The van der Waals surface area contributed by atoms with Gasteiger partial charge in [0.2, 0.25) is 0 Å². The first kappa shape index (κ1) is 22.3. The Morgan fingerprint density at radius 1 is 1.16 bits per heavy atom. The van der Waals surface area contributed by atoms with E-state index in [0.717, 1.165) is 32.7 Å². The van der Waals surface area contributed by atoms with E-state index in [4.69, 9.17) is 16.1 Å². The van der Waals surface area contributed by atoms with E-state index < -0.39 is 5.82 Å². The van der Waals surface area contributed by atoms with E-state index in [9.17, 15) is 9.18 Å². The van der Waals surface area contributed by atoms with E-state index >= 15 is 0 Å². The molecule has 0 atom stereocenters. The highest BCUT2D eigenvalue weighted by atomic mass is 35.5. The van der Waals surface area contributed by atoms with Crippen molar-refractivity contribution in [3.63, 3.8) is 0 Å². The molecule has 2 aromatic carbocycles. The van der Waals surface area contributed by atoms with Crippen molar-refractivity contribution in [2.75, 3.05) is 44.2 Å². The summed E-state index contributed by atoms with van der Waals surface area (Å²) in [5.74, 6) is -0.577. The summed E-state index contributed by atoms with van der Waals surface area (Å²) in [5.41, 5.74) is 2.91. The van der Waals surface area contributed by atoms with Gasteiger partial charge in [0, 0.05) is 45.0 Å². The Bertz CT molecular complexity index is 1090. The van der Waals surface area contributed by atoms with Crippen molar-refractivity contribution < 1.29 is 13.7 Å². The Hall–Kier alpha value is -2.90. The smallest absolute Gasteiger partial charge is 0.257 e. The molecule has 0 saturated carbocycles. The summed E-state index contributed by atoms with van der Waals surface area (Å²) < 4.78 is 19.5. The van der Waals surface area contributed by atoms with Gasteiger partial charge >= 0.3 is 0 Å². The van der Waals surface area contributed by atoms with E-state index in [-0.39, 0.29) is 27.8 Å². The zero-order valence-corrected chi connectivity index (χ0v) is 19.0. The number of hydrogen-bond donors (Lipinski definition) is 1. The van der Waals surface area contributed by atoms with Crippen LogP contribution in [0.25, 0.3) is 11.3 Å². The summed E-state index contributed by atoms with van der Waals surface area (Å²) in [6.07, 6.45) is 0. The Morgan fingerprint density at radius 2 is 1.91 bits per heavy atom. The number of carbonyl (C=O) groups is 1.